The molecule has 0 aromatic heterocycles. The van der Waals surface area contributed by atoms with E-state index in [9.17, 15) is 14.4 Å². The van der Waals surface area contributed by atoms with Gasteiger partial charge in [-0.1, -0.05) is 271 Å². The van der Waals surface area contributed by atoms with Gasteiger partial charge in [-0.15, -0.1) is 0 Å². The first-order chi connectivity index (χ1) is 33.0. The van der Waals surface area contributed by atoms with Crippen molar-refractivity contribution in [2.45, 2.75) is 245 Å². The molecule has 0 aliphatic rings. The van der Waals surface area contributed by atoms with Crippen molar-refractivity contribution in [1.29, 1.82) is 0 Å². The van der Waals surface area contributed by atoms with Gasteiger partial charge >= 0.3 is 17.9 Å². The summed E-state index contributed by atoms with van der Waals surface area (Å²) in [6.07, 6.45) is 73.6. The van der Waals surface area contributed by atoms with E-state index in [0.717, 1.165) is 96.3 Å². The molecule has 0 amide bonds. The number of ether oxygens (including phenoxy) is 3. The second-order valence-corrected chi connectivity index (χ2v) is 18.0. The SMILES string of the molecule is CC/C=C/C=C/C=C/C=C/CCCCCC(=O)OCC(COC(=O)CCCCCCC/C=C/C=C/C=C/C=C/C=C/CCC)OC(=O)CCCCCCCCCCCCCCCCCCCC. The molecule has 67 heavy (non-hydrogen) atoms. The third-order valence-electron chi connectivity index (χ3n) is 11.5. The maximum atomic E-state index is 12.8. The topological polar surface area (TPSA) is 78.9 Å². The molecule has 380 valence electrons. The van der Waals surface area contributed by atoms with Gasteiger partial charge in [-0.05, 0) is 57.8 Å². The highest BCUT2D eigenvalue weighted by Crippen LogP contribution is 2.16. The molecule has 0 saturated heterocycles. The van der Waals surface area contributed by atoms with E-state index in [0.29, 0.717) is 19.3 Å². The van der Waals surface area contributed by atoms with E-state index in [1.54, 1.807) is 0 Å². The smallest absolute Gasteiger partial charge is 0.306 e. The van der Waals surface area contributed by atoms with Crippen molar-refractivity contribution in [2.75, 3.05) is 13.2 Å². The van der Waals surface area contributed by atoms with E-state index in [-0.39, 0.29) is 31.1 Å². The first-order valence-electron chi connectivity index (χ1n) is 27.5. The number of hydrogen-bond donors (Lipinski definition) is 0. The molecule has 0 aliphatic carbocycles. The first-order valence-corrected chi connectivity index (χ1v) is 27.5. The van der Waals surface area contributed by atoms with Crippen molar-refractivity contribution in [3.05, 3.63) is 109 Å². The van der Waals surface area contributed by atoms with Crippen LogP contribution in [-0.2, 0) is 28.6 Å². The van der Waals surface area contributed by atoms with Gasteiger partial charge in [0.2, 0.25) is 0 Å². The maximum absolute atomic E-state index is 12.8. The molecule has 0 aliphatic heterocycles. The average Bonchev–Trinajstić information content (AvgIpc) is 3.33. The Kier molecular flexibility index (Phi) is 51.5. The summed E-state index contributed by atoms with van der Waals surface area (Å²) in [5.41, 5.74) is 0. The van der Waals surface area contributed by atoms with Gasteiger partial charge in [-0.25, -0.2) is 0 Å². The minimum absolute atomic E-state index is 0.105. The summed E-state index contributed by atoms with van der Waals surface area (Å²) in [6.45, 7) is 6.36. The Bertz CT molecular complexity index is 1390. The molecule has 1 atom stereocenters. The molecule has 0 radical (unpaired) electrons. The lowest BCUT2D eigenvalue weighted by atomic mass is 10.0. The van der Waals surface area contributed by atoms with Gasteiger partial charge in [0.15, 0.2) is 6.10 Å². The highest BCUT2D eigenvalue weighted by molar-refractivity contribution is 5.71. The lowest BCUT2D eigenvalue weighted by Crippen LogP contribution is -2.30. The molecule has 0 aromatic carbocycles. The van der Waals surface area contributed by atoms with Crippen LogP contribution in [0.15, 0.2) is 109 Å². The molecule has 0 spiro atoms. The van der Waals surface area contributed by atoms with Crippen LogP contribution in [0.5, 0.6) is 0 Å². The predicted octanol–water partition coefficient (Wildman–Crippen LogP) is 18.3. The van der Waals surface area contributed by atoms with Crippen LogP contribution in [0.25, 0.3) is 0 Å². The first kappa shape index (κ1) is 63.1. The highest BCUT2D eigenvalue weighted by atomic mass is 16.6. The van der Waals surface area contributed by atoms with Crippen molar-refractivity contribution < 1.29 is 28.6 Å². The van der Waals surface area contributed by atoms with Crippen molar-refractivity contribution in [3.8, 4) is 0 Å². The van der Waals surface area contributed by atoms with Crippen LogP contribution in [0, 0.1) is 0 Å². The van der Waals surface area contributed by atoms with Gasteiger partial charge in [-0.3, -0.25) is 14.4 Å². The molecule has 0 bridgehead atoms. The molecular formula is C61H100O6. The van der Waals surface area contributed by atoms with Gasteiger partial charge in [0.1, 0.15) is 13.2 Å². The van der Waals surface area contributed by atoms with Gasteiger partial charge in [0, 0.05) is 19.3 Å². The zero-order valence-corrected chi connectivity index (χ0v) is 43.4. The summed E-state index contributed by atoms with van der Waals surface area (Å²) in [6, 6.07) is 0. The number of carbonyl (C=O) groups excluding carboxylic acids is 3. The summed E-state index contributed by atoms with van der Waals surface area (Å²) in [5.74, 6) is -0.965. The fraction of sp³-hybridized carbons (Fsp3) is 0.656. The molecule has 0 aromatic rings. The van der Waals surface area contributed by atoms with E-state index < -0.39 is 6.10 Å². The summed E-state index contributed by atoms with van der Waals surface area (Å²) < 4.78 is 16.8. The van der Waals surface area contributed by atoms with Crippen molar-refractivity contribution in [3.63, 3.8) is 0 Å². The van der Waals surface area contributed by atoms with Gasteiger partial charge in [0.05, 0.1) is 0 Å². The van der Waals surface area contributed by atoms with Crippen molar-refractivity contribution in [2.24, 2.45) is 0 Å². The molecule has 0 rings (SSSR count). The Labute approximate surface area is 412 Å². The van der Waals surface area contributed by atoms with Crippen molar-refractivity contribution >= 4 is 17.9 Å². The minimum Gasteiger partial charge on any atom is -0.462 e. The van der Waals surface area contributed by atoms with Crippen LogP contribution in [-0.4, -0.2) is 37.2 Å². The molecule has 6 heteroatoms. The average molecular weight is 929 g/mol. The third-order valence-corrected chi connectivity index (χ3v) is 11.5. The van der Waals surface area contributed by atoms with E-state index in [2.05, 4.69) is 69.4 Å². The molecular weight excluding hydrogens is 829 g/mol. The quantitative estimate of drug-likeness (QED) is 0.0262. The Morgan fingerprint density at radius 3 is 0.985 bits per heavy atom. The summed E-state index contributed by atoms with van der Waals surface area (Å²) in [7, 11) is 0. The van der Waals surface area contributed by atoms with Crippen LogP contribution in [0.3, 0.4) is 0 Å². The number of carbonyl (C=O) groups is 3. The minimum atomic E-state index is -0.805. The fourth-order valence-electron chi connectivity index (χ4n) is 7.37. The molecule has 6 nitrogen and oxygen atoms in total. The van der Waals surface area contributed by atoms with Gasteiger partial charge < -0.3 is 14.2 Å². The fourth-order valence-corrected chi connectivity index (χ4v) is 7.37. The number of unbranched alkanes of at least 4 members (excludes halogenated alkanes) is 26. The normalized spacial score (nSPS) is 12.9. The Morgan fingerprint density at radius 1 is 0.313 bits per heavy atom. The van der Waals surface area contributed by atoms with Gasteiger partial charge in [0.25, 0.3) is 0 Å². The molecule has 1 unspecified atom stereocenters. The predicted molar refractivity (Wildman–Crippen MR) is 288 cm³/mol. The molecule has 0 fully saturated rings. The largest absolute Gasteiger partial charge is 0.462 e. The third kappa shape index (κ3) is 52.9. The second kappa shape index (κ2) is 54.7. The molecule has 0 N–H and O–H groups in total. The summed E-state index contributed by atoms with van der Waals surface area (Å²) in [4.78, 5) is 38.1. The van der Waals surface area contributed by atoms with Crippen LogP contribution in [0.4, 0.5) is 0 Å². The van der Waals surface area contributed by atoms with E-state index >= 15 is 0 Å². The second-order valence-electron chi connectivity index (χ2n) is 18.0. The molecule has 0 saturated carbocycles. The van der Waals surface area contributed by atoms with E-state index in [4.69, 9.17) is 14.2 Å². The highest BCUT2D eigenvalue weighted by Gasteiger charge is 2.19. The zero-order chi connectivity index (χ0) is 48.6. The number of hydrogen-bond acceptors (Lipinski definition) is 6. The molecule has 0 heterocycles. The van der Waals surface area contributed by atoms with Crippen molar-refractivity contribution in [1.82, 2.24) is 0 Å². The van der Waals surface area contributed by atoms with Crippen LogP contribution >= 0.6 is 0 Å². The number of allylic oxidation sites excluding steroid dienone is 18. The monoisotopic (exact) mass is 929 g/mol. The number of esters is 3. The Hall–Kier alpha value is -3.93. The maximum Gasteiger partial charge on any atom is 0.306 e. The summed E-state index contributed by atoms with van der Waals surface area (Å²) >= 11 is 0. The lowest BCUT2D eigenvalue weighted by molar-refractivity contribution is -0.167. The lowest BCUT2D eigenvalue weighted by Gasteiger charge is -2.18. The van der Waals surface area contributed by atoms with Crippen LogP contribution in [0.1, 0.15) is 239 Å². The van der Waals surface area contributed by atoms with E-state index in [1.807, 2.05) is 60.8 Å². The Balaban J connectivity index is 4.47. The van der Waals surface area contributed by atoms with Gasteiger partial charge in [-0.2, -0.15) is 0 Å². The van der Waals surface area contributed by atoms with Crippen LogP contribution in [0.2, 0.25) is 0 Å². The number of rotatable bonds is 48. The Morgan fingerprint density at radius 2 is 0.612 bits per heavy atom. The van der Waals surface area contributed by atoms with Crippen LogP contribution < -0.4 is 0 Å². The standard InChI is InChI=1S/C61H100O6/c1-4-7-10-13-16-19-22-25-27-29-31-33-36-39-42-45-48-51-54-60(63)66-57-58(56-65-59(62)53-50-47-44-41-38-35-24-21-18-15-12-9-6-3)67-61(64)55-52-49-46-43-40-37-34-32-30-28-26-23-20-17-14-11-8-5-2/h9-10,12-13,15-16,18-19,21-22,24-25,27,29,31,33,35,38,58H,4-8,11,14,17,20,23,26,28,30,32,34,36-37,39-57H2,1-3H3/b12-9+,13-10+,18-15+,19-16+,24-21+,25-22+,29-27+,33-31+,38-35+. The summed E-state index contributed by atoms with van der Waals surface area (Å²) in [5, 5.41) is 0. The van der Waals surface area contributed by atoms with E-state index in [1.165, 1.54) is 103 Å². The zero-order valence-electron chi connectivity index (χ0n) is 43.4.